The van der Waals surface area contributed by atoms with Gasteiger partial charge in [0.1, 0.15) is 0 Å². The van der Waals surface area contributed by atoms with Crippen molar-refractivity contribution in [1.82, 2.24) is 4.57 Å². The number of hydrogen-bond acceptors (Lipinski definition) is 1. The predicted octanol–water partition coefficient (Wildman–Crippen LogP) is 4.87. The summed E-state index contributed by atoms with van der Waals surface area (Å²) in [5.74, 6) is 0. The summed E-state index contributed by atoms with van der Waals surface area (Å²) in [4.78, 5) is 0. The molecule has 98 valence electrons. The van der Waals surface area contributed by atoms with Crippen molar-refractivity contribution in [2.75, 3.05) is 0 Å². The molecular weight excluding hydrogens is 291 g/mol. The molecule has 1 heterocycles. The highest BCUT2D eigenvalue weighted by molar-refractivity contribution is 6.35. The molecular formula is C16H10Cl2N2. The van der Waals surface area contributed by atoms with E-state index < -0.39 is 0 Å². The molecule has 0 aliphatic heterocycles. The number of nitriles is 1. The van der Waals surface area contributed by atoms with Crippen molar-refractivity contribution >= 4 is 34.1 Å². The number of rotatable bonds is 2. The summed E-state index contributed by atoms with van der Waals surface area (Å²) >= 11 is 12.1. The molecule has 20 heavy (non-hydrogen) atoms. The Morgan fingerprint density at radius 2 is 1.90 bits per heavy atom. The molecule has 0 bridgehead atoms. The molecule has 0 aliphatic carbocycles. The van der Waals surface area contributed by atoms with Gasteiger partial charge >= 0.3 is 0 Å². The van der Waals surface area contributed by atoms with Gasteiger partial charge in [0, 0.05) is 33.7 Å². The van der Waals surface area contributed by atoms with E-state index in [1.165, 1.54) is 0 Å². The number of aromatic nitrogens is 1. The molecule has 0 saturated carbocycles. The van der Waals surface area contributed by atoms with Gasteiger partial charge in [-0.2, -0.15) is 5.26 Å². The molecule has 0 radical (unpaired) electrons. The summed E-state index contributed by atoms with van der Waals surface area (Å²) in [6.45, 7) is 0.672. The van der Waals surface area contributed by atoms with E-state index in [1.54, 1.807) is 6.07 Å². The Hall–Kier alpha value is -1.95. The molecule has 2 nitrogen and oxygen atoms in total. The highest BCUT2D eigenvalue weighted by Crippen LogP contribution is 2.24. The minimum absolute atomic E-state index is 0.634. The van der Waals surface area contributed by atoms with E-state index in [0.29, 0.717) is 22.2 Å². The third-order valence-corrected chi connectivity index (χ3v) is 3.84. The number of hydrogen-bond donors (Lipinski definition) is 0. The van der Waals surface area contributed by atoms with Gasteiger partial charge in [-0.25, -0.2) is 0 Å². The van der Waals surface area contributed by atoms with Crippen LogP contribution in [-0.4, -0.2) is 4.57 Å². The predicted molar refractivity (Wildman–Crippen MR) is 82.2 cm³/mol. The van der Waals surface area contributed by atoms with Gasteiger partial charge < -0.3 is 4.57 Å². The van der Waals surface area contributed by atoms with Crippen LogP contribution in [0.15, 0.2) is 48.7 Å². The van der Waals surface area contributed by atoms with Crippen molar-refractivity contribution < 1.29 is 0 Å². The minimum Gasteiger partial charge on any atom is -0.343 e. The second kappa shape index (κ2) is 5.20. The van der Waals surface area contributed by atoms with Gasteiger partial charge in [-0.05, 0) is 42.0 Å². The number of nitrogens with zero attached hydrogens (tertiary/aromatic N) is 2. The maximum atomic E-state index is 8.91. The van der Waals surface area contributed by atoms with E-state index in [9.17, 15) is 0 Å². The van der Waals surface area contributed by atoms with Crippen molar-refractivity contribution in [3.8, 4) is 6.07 Å². The third kappa shape index (κ3) is 2.38. The molecule has 0 spiro atoms. The Morgan fingerprint density at radius 3 is 2.65 bits per heavy atom. The second-order valence-electron chi connectivity index (χ2n) is 4.56. The zero-order valence-electron chi connectivity index (χ0n) is 10.5. The van der Waals surface area contributed by atoms with Gasteiger partial charge in [-0.15, -0.1) is 0 Å². The number of fused-ring (bicyclic) bond motifs is 1. The Labute approximate surface area is 126 Å². The van der Waals surface area contributed by atoms with Crippen molar-refractivity contribution in [1.29, 1.82) is 5.26 Å². The molecule has 1 aromatic heterocycles. The van der Waals surface area contributed by atoms with Gasteiger partial charge in [0.25, 0.3) is 0 Å². The lowest BCUT2D eigenvalue weighted by molar-refractivity contribution is 0.837. The normalized spacial score (nSPS) is 10.7. The quantitative estimate of drug-likeness (QED) is 0.664. The van der Waals surface area contributed by atoms with Crippen LogP contribution in [0, 0.1) is 11.3 Å². The lowest BCUT2D eigenvalue weighted by atomic mass is 10.2. The molecule has 0 aliphatic rings. The topological polar surface area (TPSA) is 28.7 Å². The molecule has 0 N–H and O–H groups in total. The van der Waals surface area contributed by atoms with E-state index in [4.69, 9.17) is 28.5 Å². The van der Waals surface area contributed by atoms with Crippen molar-refractivity contribution in [3.63, 3.8) is 0 Å². The van der Waals surface area contributed by atoms with Crippen LogP contribution in [0.25, 0.3) is 10.9 Å². The van der Waals surface area contributed by atoms with Crippen molar-refractivity contribution in [2.45, 2.75) is 6.54 Å². The lowest BCUT2D eigenvalue weighted by Crippen LogP contribution is -1.98. The zero-order chi connectivity index (χ0) is 14.1. The molecule has 0 amide bonds. The first-order valence-electron chi connectivity index (χ1n) is 6.10. The summed E-state index contributed by atoms with van der Waals surface area (Å²) in [5.41, 5.74) is 2.76. The fourth-order valence-electron chi connectivity index (χ4n) is 2.24. The van der Waals surface area contributed by atoms with Crippen LogP contribution >= 0.6 is 23.2 Å². The molecule has 3 aromatic rings. The molecule has 0 saturated heterocycles. The molecule has 0 fully saturated rings. The maximum Gasteiger partial charge on any atom is 0.0991 e. The second-order valence-corrected chi connectivity index (χ2v) is 5.41. The first-order chi connectivity index (χ1) is 9.67. The van der Waals surface area contributed by atoms with Gasteiger partial charge in [-0.3, -0.25) is 0 Å². The van der Waals surface area contributed by atoms with Crippen LogP contribution in [-0.2, 0) is 6.54 Å². The maximum absolute atomic E-state index is 8.91. The molecule has 0 atom stereocenters. The Balaban J connectivity index is 2.01. The average Bonchev–Trinajstić information content (AvgIpc) is 2.84. The van der Waals surface area contributed by atoms with E-state index in [0.717, 1.165) is 16.5 Å². The summed E-state index contributed by atoms with van der Waals surface area (Å²) in [5, 5.41) is 11.3. The number of benzene rings is 2. The van der Waals surface area contributed by atoms with Gasteiger partial charge in [0.15, 0.2) is 0 Å². The van der Waals surface area contributed by atoms with E-state index in [2.05, 4.69) is 10.6 Å². The van der Waals surface area contributed by atoms with Gasteiger partial charge in [-0.1, -0.05) is 29.3 Å². The number of halogens is 2. The Kier molecular flexibility index (Phi) is 3.40. The first kappa shape index (κ1) is 13.1. The molecule has 3 rings (SSSR count). The minimum atomic E-state index is 0.634. The van der Waals surface area contributed by atoms with E-state index in [1.807, 2.05) is 42.6 Å². The third-order valence-electron chi connectivity index (χ3n) is 3.26. The van der Waals surface area contributed by atoms with Crippen LogP contribution in [0.5, 0.6) is 0 Å². The highest BCUT2D eigenvalue weighted by atomic mass is 35.5. The van der Waals surface area contributed by atoms with Crippen LogP contribution in [0.2, 0.25) is 10.0 Å². The summed E-state index contributed by atoms with van der Waals surface area (Å²) in [6, 6.07) is 15.3. The Morgan fingerprint density at radius 1 is 1.05 bits per heavy atom. The standard InChI is InChI=1S/C16H10Cl2N2/c17-14-3-2-13(15(18)8-14)10-20-6-5-12-7-11(9-19)1-4-16(12)20/h1-8H,10H2. The van der Waals surface area contributed by atoms with E-state index >= 15 is 0 Å². The summed E-state index contributed by atoms with van der Waals surface area (Å²) < 4.78 is 2.10. The fraction of sp³-hybridized carbons (Fsp3) is 0.0625. The van der Waals surface area contributed by atoms with Crippen molar-refractivity contribution in [3.05, 3.63) is 69.8 Å². The fourth-order valence-corrected chi connectivity index (χ4v) is 2.71. The van der Waals surface area contributed by atoms with Gasteiger partial charge in [0.05, 0.1) is 11.6 Å². The van der Waals surface area contributed by atoms with Crippen LogP contribution in [0.3, 0.4) is 0 Å². The monoisotopic (exact) mass is 300 g/mol. The van der Waals surface area contributed by atoms with Crippen LogP contribution in [0.1, 0.15) is 11.1 Å². The molecule has 2 aromatic carbocycles. The molecule has 0 unspecified atom stereocenters. The largest absolute Gasteiger partial charge is 0.343 e. The lowest BCUT2D eigenvalue weighted by Gasteiger charge is -2.08. The summed E-state index contributed by atoms with van der Waals surface area (Å²) in [6.07, 6.45) is 2.00. The zero-order valence-corrected chi connectivity index (χ0v) is 12.0. The molecule has 4 heteroatoms. The summed E-state index contributed by atoms with van der Waals surface area (Å²) in [7, 11) is 0. The average molecular weight is 301 g/mol. The highest BCUT2D eigenvalue weighted by Gasteiger charge is 2.06. The van der Waals surface area contributed by atoms with Crippen LogP contribution < -0.4 is 0 Å². The first-order valence-corrected chi connectivity index (χ1v) is 6.86. The van der Waals surface area contributed by atoms with Crippen molar-refractivity contribution in [2.24, 2.45) is 0 Å². The van der Waals surface area contributed by atoms with Gasteiger partial charge in [0.2, 0.25) is 0 Å². The van der Waals surface area contributed by atoms with Crippen LogP contribution in [0.4, 0.5) is 0 Å². The Bertz CT molecular complexity index is 828. The smallest absolute Gasteiger partial charge is 0.0991 e. The van der Waals surface area contributed by atoms with E-state index in [-0.39, 0.29) is 0 Å². The SMILES string of the molecule is N#Cc1ccc2c(ccn2Cc2ccc(Cl)cc2Cl)c1.